The summed E-state index contributed by atoms with van der Waals surface area (Å²) < 4.78 is 63.5. The van der Waals surface area contributed by atoms with Crippen molar-refractivity contribution in [3.8, 4) is 0 Å². The fourth-order valence-corrected chi connectivity index (χ4v) is 2.43. The number of nitrogen functional groups attached to an aromatic ring is 1. The quantitative estimate of drug-likeness (QED) is 0.132. The standard InChI is InChI=1S/C14H19N7OS.2C2HF3O2/c15-12(17-8-4-7-11-20-21-13(16)23-11)19-14(22)18-9-10-5-2-1-3-6-10;2*3-2(4,5)1(6)7/h1-3,5-6H,4,7-9H2,(H2,16,21)(H4,15,17,18,19,22);2*(H,6,7). The van der Waals surface area contributed by atoms with Gasteiger partial charge in [-0.15, -0.1) is 10.2 Å². The zero-order valence-electron chi connectivity index (χ0n) is 18.5. The second-order valence-corrected chi connectivity index (χ2v) is 7.40. The summed E-state index contributed by atoms with van der Waals surface area (Å²) in [6.07, 6.45) is -8.69. The van der Waals surface area contributed by atoms with Crippen molar-refractivity contribution in [1.29, 1.82) is 0 Å². The van der Waals surface area contributed by atoms with E-state index in [2.05, 4.69) is 25.8 Å². The highest BCUT2D eigenvalue weighted by molar-refractivity contribution is 7.15. The highest BCUT2D eigenvalue weighted by Crippen LogP contribution is 2.14. The Balaban J connectivity index is 0.000000761. The van der Waals surface area contributed by atoms with Gasteiger partial charge in [0.05, 0.1) is 0 Å². The van der Waals surface area contributed by atoms with Crippen LogP contribution in [0.4, 0.5) is 36.3 Å². The molecule has 19 heteroatoms. The van der Waals surface area contributed by atoms with E-state index in [1.165, 1.54) is 11.3 Å². The molecule has 1 aromatic heterocycles. The number of nitrogens with zero attached hydrogens (tertiary/aromatic N) is 3. The van der Waals surface area contributed by atoms with E-state index in [-0.39, 0.29) is 12.0 Å². The van der Waals surface area contributed by atoms with Crippen LogP contribution in [-0.2, 0) is 22.6 Å². The van der Waals surface area contributed by atoms with Gasteiger partial charge in [0, 0.05) is 19.5 Å². The van der Waals surface area contributed by atoms with Crippen LogP contribution < -0.4 is 22.1 Å². The number of nitrogens with one attached hydrogen (secondary N) is 2. The molecule has 0 aliphatic rings. The van der Waals surface area contributed by atoms with Crippen LogP contribution in [-0.4, -0.2) is 63.2 Å². The maximum atomic E-state index is 11.7. The molecule has 206 valence electrons. The molecule has 0 saturated carbocycles. The average Bonchev–Trinajstić information content (AvgIpc) is 3.20. The summed E-state index contributed by atoms with van der Waals surface area (Å²) in [7, 11) is 0. The van der Waals surface area contributed by atoms with Crippen LogP contribution in [0.5, 0.6) is 0 Å². The molecule has 0 aliphatic heterocycles. The first kappa shape index (κ1) is 32.8. The predicted octanol–water partition coefficient (Wildman–Crippen LogP) is 2.13. The number of halogens is 6. The second-order valence-electron chi connectivity index (χ2n) is 6.30. The normalized spacial score (nSPS) is 11.2. The van der Waals surface area contributed by atoms with Gasteiger partial charge in [0.15, 0.2) is 5.96 Å². The van der Waals surface area contributed by atoms with E-state index in [1.54, 1.807) is 0 Å². The number of alkyl halides is 6. The number of benzene rings is 1. The zero-order valence-corrected chi connectivity index (χ0v) is 19.3. The number of amides is 2. The monoisotopic (exact) mass is 561 g/mol. The lowest BCUT2D eigenvalue weighted by Crippen LogP contribution is -2.43. The van der Waals surface area contributed by atoms with Gasteiger partial charge in [-0.1, -0.05) is 41.7 Å². The number of carboxylic acids is 2. The maximum absolute atomic E-state index is 11.7. The molecular weight excluding hydrogens is 540 g/mol. The highest BCUT2D eigenvalue weighted by Gasteiger charge is 2.38. The Morgan fingerprint density at radius 2 is 1.49 bits per heavy atom. The number of aliphatic carboxylic acids is 2. The Hall–Kier alpha value is -4.16. The molecule has 8 N–H and O–H groups in total. The van der Waals surface area contributed by atoms with E-state index < -0.39 is 24.3 Å². The third-order valence-corrected chi connectivity index (χ3v) is 4.15. The first-order valence-corrected chi connectivity index (χ1v) is 10.4. The van der Waals surface area contributed by atoms with E-state index in [0.717, 1.165) is 23.4 Å². The number of urea groups is 1. The summed E-state index contributed by atoms with van der Waals surface area (Å²) in [6, 6.07) is 9.22. The number of hydrogen-bond donors (Lipinski definition) is 6. The molecule has 0 atom stereocenters. The minimum atomic E-state index is -5.08. The van der Waals surface area contributed by atoms with Crippen molar-refractivity contribution in [3.05, 3.63) is 40.9 Å². The van der Waals surface area contributed by atoms with Crippen molar-refractivity contribution in [3.63, 3.8) is 0 Å². The van der Waals surface area contributed by atoms with Crippen molar-refractivity contribution in [2.75, 3.05) is 12.3 Å². The third-order valence-electron chi connectivity index (χ3n) is 3.34. The van der Waals surface area contributed by atoms with Crippen LogP contribution in [0.2, 0.25) is 0 Å². The van der Waals surface area contributed by atoms with Gasteiger partial charge in [-0.25, -0.2) is 14.4 Å². The lowest BCUT2D eigenvalue weighted by atomic mass is 10.2. The fourth-order valence-electron chi connectivity index (χ4n) is 1.78. The first-order valence-electron chi connectivity index (χ1n) is 9.59. The molecule has 0 spiro atoms. The summed E-state index contributed by atoms with van der Waals surface area (Å²) in [5, 5.41) is 28.4. The largest absolute Gasteiger partial charge is 0.490 e. The Labute approximate surface area is 208 Å². The van der Waals surface area contributed by atoms with E-state index in [0.29, 0.717) is 18.2 Å². The molecule has 2 aromatic rings. The maximum Gasteiger partial charge on any atom is 0.490 e. The summed E-state index contributed by atoms with van der Waals surface area (Å²) in [5.74, 6) is -5.42. The van der Waals surface area contributed by atoms with Crippen molar-refractivity contribution < 1.29 is 50.9 Å². The smallest absolute Gasteiger partial charge is 0.475 e. The number of anilines is 1. The van der Waals surface area contributed by atoms with Gasteiger partial charge in [-0.05, 0) is 12.0 Å². The Morgan fingerprint density at radius 1 is 0.973 bits per heavy atom. The van der Waals surface area contributed by atoms with Crippen LogP contribution in [0.1, 0.15) is 17.0 Å². The number of hydrogen-bond acceptors (Lipinski definition) is 8. The highest BCUT2D eigenvalue weighted by atomic mass is 32.1. The number of carbonyl (C=O) groups excluding carboxylic acids is 1. The number of carbonyl (C=O) groups is 3. The minimum Gasteiger partial charge on any atom is -0.475 e. The topological polar surface area (TPSA) is 206 Å². The van der Waals surface area contributed by atoms with Crippen molar-refractivity contribution >= 4 is 40.4 Å². The van der Waals surface area contributed by atoms with Gasteiger partial charge in [0.25, 0.3) is 0 Å². The van der Waals surface area contributed by atoms with Crippen molar-refractivity contribution in [1.82, 2.24) is 20.8 Å². The Bertz CT molecular complexity index is 1010. The minimum absolute atomic E-state index is 0.0901. The second kappa shape index (κ2) is 15.8. The van der Waals surface area contributed by atoms with Crippen LogP contribution >= 0.6 is 11.3 Å². The van der Waals surface area contributed by atoms with Gasteiger partial charge in [0.2, 0.25) is 5.13 Å². The predicted molar refractivity (Wildman–Crippen MR) is 118 cm³/mol. The number of carboxylic acid groups (broad SMARTS) is 2. The number of aromatic nitrogens is 2. The number of guanidine groups is 1. The van der Waals surface area contributed by atoms with E-state index in [1.807, 2.05) is 30.3 Å². The molecule has 2 rings (SSSR count). The number of rotatable bonds is 6. The van der Waals surface area contributed by atoms with Gasteiger partial charge >= 0.3 is 30.3 Å². The molecule has 0 radical (unpaired) electrons. The van der Waals surface area contributed by atoms with Crippen LogP contribution in [0, 0.1) is 0 Å². The van der Waals surface area contributed by atoms with Crippen LogP contribution in [0.15, 0.2) is 35.3 Å². The molecule has 1 aromatic carbocycles. The molecular formula is C18H21F6N7O5S. The van der Waals surface area contributed by atoms with Crippen molar-refractivity contribution in [2.24, 2.45) is 10.7 Å². The lowest BCUT2D eigenvalue weighted by Gasteiger charge is -2.07. The van der Waals surface area contributed by atoms with E-state index in [4.69, 9.17) is 31.3 Å². The molecule has 0 bridgehead atoms. The summed E-state index contributed by atoms with van der Waals surface area (Å²) >= 11 is 1.36. The Kier molecular flexibility index (Phi) is 14.0. The fraction of sp³-hybridized carbons (Fsp3) is 0.333. The van der Waals surface area contributed by atoms with E-state index >= 15 is 0 Å². The van der Waals surface area contributed by atoms with Gasteiger partial charge in [0.1, 0.15) is 5.01 Å². The molecule has 37 heavy (non-hydrogen) atoms. The SMILES string of the molecule is NC(=NCCCc1nnc(N)s1)NC(=O)NCc1ccccc1.O=C(O)C(F)(F)F.O=C(O)C(F)(F)F. The van der Waals surface area contributed by atoms with Gasteiger partial charge < -0.3 is 27.0 Å². The molecule has 2 amide bonds. The Morgan fingerprint density at radius 3 is 1.92 bits per heavy atom. The lowest BCUT2D eigenvalue weighted by molar-refractivity contribution is -0.193. The first-order chi connectivity index (χ1) is 17.0. The van der Waals surface area contributed by atoms with E-state index in [9.17, 15) is 31.1 Å². The summed E-state index contributed by atoms with van der Waals surface area (Å²) in [6.45, 7) is 0.919. The summed E-state index contributed by atoms with van der Waals surface area (Å²) in [5.41, 5.74) is 12.2. The van der Waals surface area contributed by atoms with Crippen LogP contribution in [0.3, 0.4) is 0 Å². The number of aryl methyl sites for hydroxylation is 1. The average molecular weight is 561 g/mol. The molecule has 0 saturated heterocycles. The summed E-state index contributed by atoms with van der Waals surface area (Å²) in [4.78, 5) is 33.6. The molecule has 1 heterocycles. The molecule has 0 unspecified atom stereocenters. The van der Waals surface area contributed by atoms with Gasteiger partial charge in [-0.2, -0.15) is 26.3 Å². The number of nitrogens with two attached hydrogens (primary N) is 2. The molecule has 0 aliphatic carbocycles. The molecule has 0 fully saturated rings. The zero-order chi connectivity index (χ0) is 28.6. The molecule has 12 nitrogen and oxygen atoms in total. The van der Waals surface area contributed by atoms with Gasteiger partial charge in [-0.3, -0.25) is 10.3 Å². The number of aliphatic imine (C=N–C) groups is 1. The van der Waals surface area contributed by atoms with Crippen LogP contribution in [0.25, 0.3) is 0 Å². The third kappa shape index (κ3) is 17.0. The van der Waals surface area contributed by atoms with Crippen molar-refractivity contribution in [2.45, 2.75) is 31.7 Å².